The molecule has 1 unspecified atom stereocenters. The summed E-state index contributed by atoms with van der Waals surface area (Å²) < 4.78 is 0. The molecule has 0 aliphatic carbocycles. The first-order valence-corrected chi connectivity index (χ1v) is 6.67. The van der Waals surface area contributed by atoms with Crippen molar-refractivity contribution in [1.29, 1.82) is 0 Å². The second-order valence-electron chi connectivity index (χ2n) is 4.84. The van der Waals surface area contributed by atoms with Gasteiger partial charge in [-0.25, -0.2) is 4.79 Å². The predicted molar refractivity (Wildman–Crippen MR) is 80.3 cm³/mol. The van der Waals surface area contributed by atoms with Gasteiger partial charge in [0, 0.05) is 17.8 Å². The fourth-order valence-electron chi connectivity index (χ4n) is 1.81. The van der Waals surface area contributed by atoms with E-state index < -0.39 is 6.03 Å². The molecule has 6 heteroatoms. The Bertz CT molecular complexity index is 445. The molecule has 110 valence electrons. The van der Waals surface area contributed by atoms with Crippen LogP contribution in [0.1, 0.15) is 26.2 Å². The van der Waals surface area contributed by atoms with Crippen LogP contribution in [0.15, 0.2) is 24.3 Å². The van der Waals surface area contributed by atoms with Gasteiger partial charge in [0.25, 0.3) is 0 Å². The zero-order valence-electron chi connectivity index (χ0n) is 11.7. The second-order valence-corrected chi connectivity index (χ2v) is 4.84. The minimum absolute atomic E-state index is 0.0236. The van der Waals surface area contributed by atoms with E-state index in [1.807, 2.05) is 0 Å². The van der Waals surface area contributed by atoms with Crippen molar-refractivity contribution in [2.75, 3.05) is 17.2 Å². The minimum Gasteiger partial charge on any atom is -0.351 e. The topological polar surface area (TPSA) is 110 Å². The first-order valence-electron chi connectivity index (χ1n) is 6.67. The van der Waals surface area contributed by atoms with Gasteiger partial charge in [-0.2, -0.15) is 0 Å². The number of primary amides is 1. The Labute approximate surface area is 118 Å². The monoisotopic (exact) mass is 278 g/mol. The number of carbonyl (C=O) groups is 2. The molecule has 0 heterocycles. The van der Waals surface area contributed by atoms with Crippen molar-refractivity contribution in [2.45, 2.75) is 26.2 Å². The molecule has 0 saturated heterocycles. The highest BCUT2D eigenvalue weighted by molar-refractivity contribution is 5.91. The van der Waals surface area contributed by atoms with Gasteiger partial charge in [0.2, 0.25) is 5.91 Å². The first kappa shape index (κ1) is 16.0. The molecule has 6 N–H and O–H groups in total. The summed E-state index contributed by atoms with van der Waals surface area (Å²) >= 11 is 0. The lowest BCUT2D eigenvalue weighted by Crippen LogP contribution is -2.19. The number of hydrogen-bond donors (Lipinski definition) is 4. The van der Waals surface area contributed by atoms with Gasteiger partial charge in [-0.3, -0.25) is 4.79 Å². The Morgan fingerprint density at radius 2 is 1.65 bits per heavy atom. The standard InChI is InChI=1S/C14H22N4O2/c1-10(8-9-15)2-7-13(19)17-11-3-5-12(6-4-11)18-14(16)20/h3-6,10H,2,7-9,15H2,1H3,(H,17,19)(H3,16,18,20). The van der Waals surface area contributed by atoms with Crippen molar-refractivity contribution in [3.8, 4) is 0 Å². The number of anilines is 2. The highest BCUT2D eigenvalue weighted by atomic mass is 16.2. The molecule has 0 fully saturated rings. The van der Waals surface area contributed by atoms with Gasteiger partial charge in [0.15, 0.2) is 0 Å². The Balaban J connectivity index is 2.40. The molecule has 3 amide bonds. The van der Waals surface area contributed by atoms with E-state index >= 15 is 0 Å². The molecule has 1 rings (SSSR count). The van der Waals surface area contributed by atoms with Crippen LogP contribution in [0, 0.1) is 5.92 Å². The number of carbonyl (C=O) groups excluding carboxylic acids is 2. The average molecular weight is 278 g/mol. The van der Waals surface area contributed by atoms with Gasteiger partial charge in [-0.15, -0.1) is 0 Å². The van der Waals surface area contributed by atoms with Gasteiger partial charge in [0.05, 0.1) is 0 Å². The lowest BCUT2D eigenvalue weighted by molar-refractivity contribution is -0.116. The zero-order chi connectivity index (χ0) is 15.0. The fraction of sp³-hybridized carbons (Fsp3) is 0.429. The number of amides is 3. The van der Waals surface area contributed by atoms with Crippen LogP contribution >= 0.6 is 0 Å². The third-order valence-electron chi connectivity index (χ3n) is 2.96. The third-order valence-corrected chi connectivity index (χ3v) is 2.96. The highest BCUT2D eigenvalue weighted by Gasteiger charge is 2.06. The van der Waals surface area contributed by atoms with Crippen LogP contribution in [-0.2, 0) is 4.79 Å². The highest BCUT2D eigenvalue weighted by Crippen LogP contribution is 2.15. The molecule has 6 nitrogen and oxygen atoms in total. The molecule has 0 radical (unpaired) electrons. The number of rotatable bonds is 7. The minimum atomic E-state index is -0.615. The second kappa shape index (κ2) is 8.16. The normalized spacial score (nSPS) is 11.7. The van der Waals surface area contributed by atoms with Crippen molar-refractivity contribution in [1.82, 2.24) is 0 Å². The summed E-state index contributed by atoms with van der Waals surface area (Å²) in [5.41, 5.74) is 11.8. The van der Waals surface area contributed by atoms with Crippen LogP contribution in [0.4, 0.5) is 16.2 Å². The summed E-state index contributed by atoms with van der Waals surface area (Å²) in [6.45, 7) is 2.74. The smallest absolute Gasteiger partial charge is 0.316 e. The maximum atomic E-state index is 11.8. The molecule has 0 aliphatic heterocycles. The molecule has 0 bridgehead atoms. The van der Waals surface area contributed by atoms with Gasteiger partial charge >= 0.3 is 6.03 Å². The maximum Gasteiger partial charge on any atom is 0.316 e. The quantitative estimate of drug-likeness (QED) is 0.611. The van der Waals surface area contributed by atoms with E-state index in [4.69, 9.17) is 11.5 Å². The Morgan fingerprint density at radius 3 is 2.15 bits per heavy atom. The van der Waals surface area contributed by atoms with Crippen LogP contribution in [-0.4, -0.2) is 18.5 Å². The lowest BCUT2D eigenvalue weighted by atomic mass is 10.0. The number of benzene rings is 1. The predicted octanol–water partition coefficient (Wildman–Crippen LogP) is 1.88. The Hall–Kier alpha value is -2.08. The van der Waals surface area contributed by atoms with Crippen molar-refractivity contribution in [2.24, 2.45) is 17.4 Å². The van der Waals surface area contributed by atoms with Crippen LogP contribution in [0.25, 0.3) is 0 Å². The molecule has 1 atom stereocenters. The number of urea groups is 1. The molecule has 0 spiro atoms. The molecule has 20 heavy (non-hydrogen) atoms. The fourth-order valence-corrected chi connectivity index (χ4v) is 1.81. The molecule has 0 aromatic heterocycles. The molecule has 0 saturated carbocycles. The van der Waals surface area contributed by atoms with Gasteiger partial charge in [0.1, 0.15) is 0 Å². The maximum absolute atomic E-state index is 11.8. The molecular formula is C14H22N4O2. The van der Waals surface area contributed by atoms with Crippen LogP contribution < -0.4 is 22.1 Å². The number of nitrogens with two attached hydrogens (primary N) is 2. The zero-order valence-corrected chi connectivity index (χ0v) is 11.7. The molecule has 1 aromatic rings. The van der Waals surface area contributed by atoms with Crippen LogP contribution in [0.2, 0.25) is 0 Å². The SMILES string of the molecule is CC(CCN)CCC(=O)Nc1ccc(NC(N)=O)cc1. The van der Waals surface area contributed by atoms with Gasteiger partial charge < -0.3 is 22.1 Å². The summed E-state index contributed by atoms with van der Waals surface area (Å²) in [6.07, 6.45) is 2.23. The molecule has 0 aliphatic rings. The number of nitrogens with one attached hydrogen (secondary N) is 2. The summed E-state index contributed by atoms with van der Waals surface area (Å²) in [6, 6.07) is 6.17. The first-order chi connectivity index (χ1) is 9.51. The Morgan fingerprint density at radius 1 is 1.10 bits per heavy atom. The Kier molecular flexibility index (Phi) is 6.52. The summed E-state index contributed by atoms with van der Waals surface area (Å²) in [5, 5.41) is 5.26. The number of hydrogen-bond acceptors (Lipinski definition) is 3. The molecule has 1 aromatic carbocycles. The summed E-state index contributed by atoms with van der Waals surface area (Å²) in [5.74, 6) is 0.428. The average Bonchev–Trinajstić information content (AvgIpc) is 2.38. The lowest BCUT2D eigenvalue weighted by Gasteiger charge is -2.10. The largest absolute Gasteiger partial charge is 0.351 e. The van der Waals surface area contributed by atoms with Gasteiger partial charge in [-0.1, -0.05) is 6.92 Å². The van der Waals surface area contributed by atoms with Crippen LogP contribution in [0.3, 0.4) is 0 Å². The van der Waals surface area contributed by atoms with E-state index in [1.54, 1.807) is 24.3 Å². The third kappa shape index (κ3) is 6.19. The summed E-state index contributed by atoms with van der Waals surface area (Å²) in [4.78, 5) is 22.4. The summed E-state index contributed by atoms with van der Waals surface area (Å²) in [7, 11) is 0. The molecular weight excluding hydrogens is 256 g/mol. The van der Waals surface area contributed by atoms with Crippen molar-refractivity contribution >= 4 is 23.3 Å². The van der Waals surface area contributed by atoms with Crippen molar-refractivity contribution in [3.63, 3.8) is 0 Å². The van der Waals surface area contributed by atoms with E-state index in [0.29, 0.717) is 30.3 Å². The van der Waals surface area contributed by atoms with Gasteiger partial charge in [-0.05, 0) is 49.6 Å². The van der Waals surface area contributed by atoms with E-state index in [2.05, 4.69) is 17.6 Å². The van der Waals surface area contributed by atoms with Crippen molar-refractivity contribution in [3.05, 3.63) is 24.3 Å². The van der Waals surface area contributed by atoms with Crippen LogP contribution in [0.5, 0.6) is 0 Å². The van der Waals surface area contributed by atoms with Crippen molar-refractivity contribution < 1.29 is 9.59 Å². The van der Waals surface area contributed by atoms with E-state index in [0.717, 1.165) is 12.8 Å². The van der Waals surface area contributed by atoms with E-state index in [-0.39, 0.29) is 5.91 Å². The van der Waals surface area contributed by atoms with E-state index in [1.165, 1.54) is 0 Å². The van der Waals surface area contributed by atoms with E-state index in [9.17, 15) is 9.59 Å².